The SMILES string of the molecule is O=C(NCCn1c(=O)[nH]c2cncnc21)C1CCOC1. The van der Waals surface area contributed by atoms with Gasteiger partial charge in [0.05, 0.1) is 18.7 Å². The number of H-pyrrole nitrogens is 1. The first-order chi connectivity index (χ1) is 9.75. The Morgan fingerprint density at radius 2 is 2.50 bits per heavy atom. The summed E-state index contributed by atoms with van der Waals surface area (Å²) in [5, 5.41) is 2.82. The second kappa shape index (κ2) is 5.41. The molecule has 0 radical (unpaired) electrons. The molecule has 1 unspecified atom stereocenters. The lowest BCUT2D eigenvalue weighted by molar-refractivity contribution is -0.124. The molecule has 1 fully saturated rings. The lowest BCUT2D eigenvalue weighted by Gasteiger charge is -2.09. The van der Waals surface area contributed by atoms with Gasteiger partial charge in [-0.2, -0.15) is 0 Å². The fraction of sp³-hybridized carbons (Fsp3) is 0.500. The number of nitrogens with one attached hydrogen (secondary N) is 2. The maximum Gasteiger partial charge on any atom is 0.327 e. The van der Waals surface area contributed by atoms with E-state index in [4.69, 9.17) is 4.74 Å². The molecule has 20 heavy (non-hydrogen) atoms. The van der Waals surface area contributed by atoms with Crippen LogP contribution in [0.25, 0.3) is 11.2 Å². The largest absolute Gasteiger partial charge is 0.381 e. The van der Waals surface area contributed by atoms with E-state index in [0.717, 1.165) is 6.42 Å². The molecule has 3 heterocycles. The number of aromatic nitrogens is 4. The lowest BCUT2D eigenvalue weighted by Crippen LogP contribution is -2.34. The number of fused-ring (bicyclic) bond motifs is 1. The third kappa shape index (κ3) is 2.42. The minimum Gasteiger partial charge on any atom is -0.381 e. The number of imidazole rings is 1. The van der Waals surface area contributed by atoms with Crippen LogP contribution in [-0.4, -0.2) is 45.2 Å². The number of rotatable bonds is 4. The third-order valence-corrected chi connectivity index (χ3v) is 3.37. The van der Waals surface area contributed by atoms with E-state index in [0.29, 0.717) is 37.5 Å². The molecule has 8 heteroatoms. The normalized spacial score (nSPS) is 18.5. The van der Waals surface area contributed by atoms with E-state index in [-0.39, 0.29) is 17.5 Å². The van der Waals surface area contributed by atoms with E-state index in [1.54, 1.807) is 6.20 Å². The molecule has 1 aliphatic rings. The Morgan fingerprint density at radius 3 is 3.30 bits per heavy atom. The summed E-state index contributed by atoms with van der Waals surface area (Å²) in [6.45, 7) is 1.87. The van der Waals surface area contributed by atoms with E-state index in [1.165, 1.54) is 10.9 Å². The van der Waals surface area contributed by atoms with Crippen LogP contribution in [0.5, 0.6) is 0 Å². The maximum absolute atomic E-state index is 11.8. The van der Waals surface area contributed by atoms with Gasteiger partial charge in [-0.3, -0.25) is 9.36 Å². The fourth-order valence-corrected chi connectivity index (χ4v) is 2.29. The highest BCUT2D eigenvalue weighted by Gasteiger charge is 2.22. The number of carbonyl (C=O) groups is 1. The maximum atomic E-state index is 11.8. The number of nitrogens with zero attached hydrogens (tertiary/aromatic N) is 3. The van der Waals surface area contributed by atoms with Crippen molar-refractivity contribution in [2.75, 3.05) is 19.8 Å². The zero-order valence-electron chi connectivity index (χ0n) is 10.8. The van der Waals surface area contributed by atoms with E-state index in [9.17, 15) is 9.59 Å². The third-order valence-electron chi connectivity index (χ3n) is 3.37. The van der Waals surface area contributed by atoms with Gasteiger partial charge >= 0.3 is 5.69 Å². The molecule has 1 aliphatic heterocycles. The quantitative estimate of drug-likeness (QED) is 0.767. The Bertz CT molecular complexity index is 671. The molecular formula is C12H15N5O3. The lowest BCUT2D eigenvalue weighted by atomic mass is 10.1. The summed E-state index contributed by atoms with van der Waals surface area (Å²) in [4.78, 5) is 34.2. The van der Waals surface area contributed by atoms with E-state index in [1.807, 2.05) is 0 Å². The van der Waals surface area contributed by atoms with Gasteiger partial charge in [0.15, 0.2) is 5.65 Å². The predicted molar refractivity (Wildman–Crippen MR) is 70.1 cm³/mol. The van der Waals surface area contributed by atoms with Crippen molar-refractivity contribution in [1.29, 1.82) is 0 Å². The number of aromatic amines is 1. The highest BCUT2D eigenvalue weighted by Crippen LogP contribution is 2.11. The van der Waals surface area contributed by atoms with Crippen molar-refractivity contribution in [3.63, 3.8) is 0 Å². The molecule has 1 amide bonds. The molecule has 106 valence electrons. The second-order valence-corrected chi connectivity index (χ2v) is 4.69. The molecule has 0 bridgehead atoms. The van der Waals surface area contributed by atoms with Crippen molar-refractivity contribution in [2.45, 2.75) is 13.0 Å². The second-order valence-electron chi connectivity index (χ2n) is 4.69. The van der Waals surface area contributed by atoms with E-state index >= 15 is 0 Å². The predicted octanol–water partition coefficient (Wildman–Crippen LogP) is -0.728. The van der Waals surface area contributed by atoms with Gasteiger partial charge in [0.1, 0.15) is 11.8 Å². The summed E-state index contributed by atoms with van der Waals surface area (Å²) >= 11 is 0. The molecular weight excluding hydrogens is 262 g/mol. The molecule has 8 nitrogen and oxygen atoms in total. The van der Waals surface area contributed by atoms with Crippen LogP contribution in [0.4, 0.5) is 0 Å². The first-order valence-corrected chi connectivity index (χ1v) is 6.49. The van der Waals surface area contributed by atoms with Gasteiger partial charge in [0.25, 0.3) is 0 Å². The number of carbonyl (C=O) groups excluding carboxylic acids is 1. The van der Waals surface area contributed by atoms with Crippen LogP contribution < -0.4 is 11.0 Å². The van der Waals surface area contributed by atoms with E-state index in [2.05, 4.69) is 20.3 Å². The van der Waals surface area contributed by atoms with Gasteiger partial charge in [-0.25, -0.2) is 14.8 Å². The smallest absolute Gasteiger partial charge is 0.327 e. The average molecular weight is 277 g/mol. The summed E-state index contributed by atoms with van der Waals surface area (Å²) in [5.41, 5.74) is 0.885. The van der Waals surface area contributed by atoms with Crippen LogP contribution in [0, 0.1) is 5.92 Å². The van der Waals surface area contributed by atoms with E-state index < -0.39 is 0 Å². The van der Waals surface area contributed by atoms with Gasteiger partial charge in [-0.05, 0) is 6.42 Å². The molecule has 0 saturated carbocycles. The molecule has 0 aromatic carbocycles. The molecule has 2 N–H and O–H groups in total. The minimum absolute atomic E-state index is 0.0231. The van der Waals surface area contributed by atoms with Crippen LogP contribution in [0.15, 0.2) is 17.3 Å². The van der Waals surface area contributed by atoms with Crippen LogP contribution in [0.2, 0.25) is 0 Å². The first-order valence-electron chi connectivity index (χ1n) is 6.49. The van der Waals surface area contributed by atoms with Crippen LogP contribution in [-0.2, 0) is 16.1 Å². The highest BCUT2D eigenvalue weighted by molar-refractivity contribution is 5.79. The molecule has 2 aromatic heterocycles. The molecule has 1 saturated heterocycles. The number of amides is 1. The highest BCUT2D eigenvalue weighted by atomic mass is 16.5. The summed E-state index contributed by atoms with van der Waals surface area (Å²) in [6.07, 6.45) is 3.70. The monoisotopic (exact) mass is 277 g/mol. The van der Waals surface area contributed by atoms with Crippen molar-refractivity contribution in [3.8, 4) is 0 Å². The van der Waals surface area contributed by atoms with Crippen LogP contribution in [0.3, 0.4) is 0 Å². The molecule has 2 aromatic rings. The number of hydrogen-bond donors (Lipinski definition) is 2. The van der Waals surface area contributed by atoms with Gasteiger partial charge < -0.3 is 15.0 Å². The van der Waals surface area contributed by atoms with Gasteiger partial charge in [-0.15, -0.1) is 0 Å². The molecule has 3 rings (SSSR count). The Hall–Kier alpha value is -2.22. The van der Waals surface area contributed by atoms with Gasteiger partial charge in [-0.1, -0.05) is 0 Å². The zero-order chi connectivity index (χ0) is 13.9. The summed E-state index contributed by atoms with van der Waals surface area (Å²) in [7, 11) is 0. The number of hydrogen-bond acceptors (Lipinski definition) is 5. The van der Waals surface area contributed by atoms with Crippen molar-refractivity contribution < 1.29 is 9.53 Å². The Morgan fingerprint density at radius 1 is 1.60 bits per heavy atom. The molecule has 0 spiro atoms. The van der Waals surface area contributed by atoms with Gasteiger partial charge in [0, 0.05) is 19.7 Å². The topological polar surface area (TPSA) is 102 Å². The summed E-state index contributed by atoms with van der Waals surface area (Å²) in [5.74, 6) is -0.0953. The van der Waals surface area contributed by atoms with Gasteiger partial charge in [0.2, 0.25) is 5.91 Å². The molecule has 1 atom stereocenters. The van der Waals surface area contributed by atoms with Crippen molar-refractivity contribution in [1.82, 2.24) is 24.8 Å². The number of ether oxygens (including phenoxy) is 1. The first kappa shape index (κ1) is 12.8. The standard InChI is InChI=1S/C12H15N5O3/c18-11(8-1-4-20-6-8)14-2-3-17-10-9(16-12(17)19)5-13-7-15-10/h5,7-8H,1-4,6H2,(H,14,18)(H,16,19). The van der Waals surface area contributed by atoms with Crippen LogP contribution in [0.1, 0.15) is 6.42 Å². The average Bonchev–Trinajstić information content (AvgIpc) is 3.07. The van der Waals surface area contributed by atoms with Crippen molar-refractivity contribution in [2.24, 2.45) is 5.92 Å². The fourth-order valence-electron chi connectivity index (χ4n) is 2.29. The zero-order valence-corrected chi connectivity index (χ0v) is 10.8. The van der Waals surface area contributed by atoms with Crippen LogP contribution >= 0.6 is 0 Å². The molecule has 0 aliphatic carbocycles. The Balaban J connectivity index is 1.64. The Kier molecular flexibility index (Phi) is 3.46. The van der Waals surface area contributed by atoms with Crippen molar-refractivity contribution >= 4 is 17.1 Å². The summed E-state index contributed by atoms with van der Waals surface area (Å²) < 4.78 is 6.66. The summed E-state index contributed by atoms with van der Waals surface area (Å²) in [6, 6.07) is 0. The Labute approximate surface area is 114 Å². The van der Waals surface area contributed by atoms with Crippen molar-refractivity contribution in [3.05, 3.63) is 23.0 Å². The minimum atomic E-state index is -0.251.